The quantitative estimate of drug-likeness (QED) is 0.788. The van der Waals surface area contributed by atoms with Crippen molar-refractivity contribution in [3.05, 3.63) is 35.1 Å². The minimum absolute atomic E-state index is 0.144. The average Bonchev–Trinajstić information content (AvgIpc) is 2.72. The van der Waals surface area contributed by atoms with Gasteiger partial charge in [0.25, 0.3) is 0 Å². The molecule has 1 atom stereocenters. The molecule has 2 aliphatic rings. The van der Waals surface area contributed by atoms with E-state index in [1.807, 2.05) is 6.07 Å². The highest BCUT2D eigenvalue weighted by atomic mass is 19.1. The Hall–Kier alpha value is -0.890. The molecule has 2 heteroatoms. The largest absolute Gasteiger partial charge is 0.385 e. The van der Waals surface area contributed by atoms with Crippen LogP contribution in [0.25, 0.3) is 0 Å². The lowest BCUT2D eigenvalue weighted by Crippen LogP contribution is -2.34. The first-order chi connectivity index (χ1) is 8.22. The number of halogens is 1. The molecule has 1 saturated carbocycles. The van der Waals surface area contributed by atoms with E-state index in [2.05, 4.69) is 0 Å². The third-order valence-electron chi connectivity index (χ3n) is 4.62. The van der Waals surface area contributed by atoms with Crippen molar-refractivity contribution in [2.45, 2.75) is 50.5 Å². The molecule has 0 aromatic heterocycles. The normalized spacial score (nSPS) is 29.3. The molecule has 0 saturated heterocycles. The summed E-state index contributed by atoms with van der Waals surface area (Å²) >= 11 is 0. The predicted molar refractivity (Wildman–Crippen MR) is 65.2 cm³/mol. The SMILES string of the molecule is OC1(C2CCCCC2)CCc2c(F)cccc21. The molecule has 1 fully saturated rings. The summed E-state index contributed by atoms with van der Waals surface area (Å²) in [4.78, 5) is 0. The van der Waals surface area contributed by atoms with Crippen molar-refractivity contribution in [3.63, 3.8) is 0 Å². The van der Waals surface area contributed by atoms with Crippen LogP contribution in [0.4, 0.5) is 4.39 Å². The second-order valence-electron chi connectivity index (χ2n) is 5.53. The smallest absolute Gasteiger partial charge is 0.126 e. The fraction of sp³-hybridized carbons (Fsp3) is 0.600. The first-order valence-corrected chi connectivity index (χ1v) is 6.72. The minimum atomic E-state index is -0.752. The van der Waals surface area contributed by atoms with E-state index in [4.69, 9.17) is 0 Å². The third-order valence-corrected chi connectivity index (χ3v) is 4.62. The highest BCUT2D eigenvalue weighted by molar-refractivity contribution is 5.38. The summed E-state index contributed by atoms with van der Waals surface area (Å²) in [5.41, 5.74) is 0.864. The molecule has 2 aliphatic carbocycles. The lowest BCUT2D eigenvalue weighted by Gasteiger charge is -2.36. The maximum Gasteiger partial charge on any atom is 0.126 e. The zero-order chi connectivity index (χ0) is 11.9. The Morgan fingerprint density at radius 3 is 2.71 bits per heavy atom. The highest BCUT2D eigenvalue weighted by Gasteiger charge is 2.44. The number of hydrogen-bond acceptors (Lipinski definition) is 1. The number of fused-ring (bicyclic) bond motifs is 1. The van der Waals surface area contributed by atoms with Crippen molar-refractivity contribution in [2.75, 3.05) is 0 Å². The number of rotatable bonds is 1. The number of aliphatic hydroxyl groups is 1. The molecule has 0 amide bonds. The van der Waals surface area contributed by atoms with Gasteiger partial charge in [-0.2, -0.15) is 0 Å². The summed E-state index contributed by atoms with van der Waals surface area (Å²) in [7, 11) is 0. The van der Waals surface area contributed by atoms with Crippen molar-refractivity contribution in [1.29, 1.82) is 0 Å². The molecule has 0 aliphatic heterocycles. The summed E-state index contributed by atoms with van der Waals surface area (Å²) in [6.45, 7) is 0. The molecule has 0 bridgehead atoms. The molecule has 0 heterocycles. The zero-order valence-corrected chi connectivity index (χ0v) is 10.1. The van der Waals surface area contributed by atoms with E-state index in [1.54, 1.807) is 6.07 Å². The average molecular weight is 234 g/mol. The number of hydrogen-bond donors (Lipinski definition) is 1. The molecule has 92 valence electrons. The van der Waals surface area contributed by atoms with Gasteiger partial charge < -0.3 is 5.11 Å². The molecule has 0 spiro atoms. The van der Waals surface area contributed by atoms with Crippen LogP contribution in [0, 0.1) is 11.7 Å². The minimum Gasteiger partial charge on any atom is -0.385 e. The fourth-order valence-corrected chi connectivity index (χ4v) is 3.67. The Morgan fingerprint density at radius 2 is 1.94 bits per heavy atom. The molecule has 1 unspecified atom stereocenters. The van der Waals surface area contributed by atoms with Gasteiger partial charge in [-0.05, 0) is 48.8 Å². The van der Waals surface area contributed by atoms with E-state index >= 15 is 0 Å². The Morgan fingerprint density at radius 1 is 1.18 bits per heavy atom. The first kappa shape index (κ1) is 11.2. The second-order valence-corrected chi connectivity index (χ2v) is 5.53. The van der Waals surface area contributed by atoms with Gasteiger partial charge in [0, 0.05) is 0 Å². The van der Waals surface area contributed by atoms with Crippen molar-refractivity contribution in [3.8, 4) is 0 Å². The van der Waals surface area contributed by atoms with Crippen molar-refractivity contribution >= 4 is 0 Å². The van der Waals surface area contributed by atoms with Crippen LogP contribution in [-0.2, 0) is 12.0 Å². The van der Waals surface area contributed by atoms with E-state index in [1.165, 1.54) is 25.3 Å². The molecule has 17 heavy (non-hydrogen) atoms. The molecule has 1 nitrogen and oxygen atoms in total. The van der Waals surface area contributed by atoms with Crippen LogP contribution in [0.1, 0.15) is 49.7 Å². The van der Waals surface area contributed by atoms with Crippen molar-refractivity contribution in [2.24, 2.45) is 5.92 Å². The van der Waals surface area contributed by atoms with Crippen LogP contribution < -0.4 is 0 Å². The van der Waals surface area contributed by atoms with Gasteiger partial charge in [-0.25, -0.2) is 4.39 Å². The summed E-state index contributed by atoms with van der Waals surface area (Å²) in [6.07, 6.45) is 7.26. The Balaban J connectivity index is 1.98. The monoisotopic (exact) mass is 234 g/mol. The highest BCUT2D eigenvalue weighted by Crippen LogP contribution is 2.47. The fourth-order valence-electron chi connectivity index (χ4n) is 3.67. The van der Waals surface area contributed by atoms with Gasteiger partial charge in [0.2, 0.25) is 0 Å². The van der Waals surface area contributed by atoms with Gasteiger partial charge in [-0.1, -0.05) is 31.4 Å². The lowest BCUT2D eigenvalue weighted by molar-refractivity contribution is -0.0369. The van der Waals surface area contributed by atoms with E-state index < -0.39 is 5.60 Å². The predicted octanol–water partition coefficient (Wildman–Crippen LogP) is 3.54. The summed E-state index contributed by atoms with van der Waals surface area (Å²) in [6, 6.07) is 5.15. The van der Waals surface area contributed by atoms with Gasteiger partial charge >= 0.3 is 0 Å². The van der Waals surface area contributed by atoms with Crippen molar-refractivity contribution in [1.82, 2.24) is 0 Å². The number of benzene rings is 1. The van der Waals surface area contributed by atoms with E-state index in [-0.39, 0.29) is 5.82 Å². The Kier molecular flexibility index (Phi) is 2.70. The second kappa shape index (κ2) is 4.09. The van der Waals surface area contributed by atoms with Crippen LogP contribution in [0.15, 0.2) is 18.2 Å². The molecule has 1 aromatic carbocycles. The van der Waals surface area contributed by atoms with E-state index in [0.29, 0.717) is 18.8 Å². The molecule has 3 rings (SSSR count). The molecule has 1 aromatic rings. The molecule has 1 N–H and O–H groups in total. The Bertz CT molecular complexity index is 423. The summed E-state index contributed by atoms with van der Waals surface area (Å²) in [5.74, 6) is 0.188. The van der Waals surface area contributed by atoms with Crippen molar-refractivity contribution < 1.29 is 9.50 Å². The van der Waals surface area contributed by atoms with Crippen LogP contribution in [0.5, 0.6) is 0 Å². The van der Waals surface area contributed by atoms with Gasteiger partial charge in [-0.3, -0.25) is 0 Å². The first-order valence-electron chi connectivity index (χ1n) is 6.72. The maximum absolute atomic E-state index is 13.7. The standard InChI is InChI=1S/C15H19FO/c16-14-8-4-7-13-12(14)9-10-15(13,17)11-5-2-1-3-6-11/h4,7-8,11,17H,1-3,5-6,9-10H2. The molecule has 0 radical (unpaired) electrons. The molecular weight excluding hydrogens is 215 g/mol. The van der Waals surface area contributed by atoms with Gasteiger partial charge in [0.15, 0.2) is 0 Å². The molecular formula is C15H19FO. The maximum atomic E-state index is 13.7. The zero-order valence-electron chi connectivity index (χ0n) is 10.1. The van der Waals surface area contributed by atoms with E-state index in [9.17, 15) is 9.50 Å². The van der Waals surface area contributed by atoms with Gasteiger partial charge in [-0.15, -0.1) is 0 Å². The summed E-state index contributed by atoms with van der Waals surface area (Å²) < 4.78 is 13.7. The summed E-state index contributed by atoms with van der Waals surface area (Å²) in [5, 5.41) is 10.9. The van der Waals surface area contributed by atoms with Crippen LogP contribution >= 0.6 is 0 Å². The van der Waals surface area contributed by atoms with Crippen LogP contribution in [-0.4, -0.2) is 5.11 Å². The van der Waals surface area contributed by atoms with Crippen LogP contribution in [0.3, 0.4) is 0 Å². The third kappa shape index (κ3) is 1.70. The van der Waals surface area contributed by atoms with Gasteiger partial charge in [0.1, 0.15) is 5.82 Å². The topological polar surface area (TPSA) is 20.2 Å². The van der Waals surface area contributed by atoms with Gasteiger partial charge in [0.05, 0.1) is 5.60 Å². The lowest BCUT2D eigenvalue weighted by atomic mass is 9.74. The van der Waals surface area contributed by atoms with E-state index in [0.717, 1.165) is 24.0 Å². The Labute approximate surface area is 102 Å². The van der Waals surface area contributed by atoms with Crippen LogP contribution in [0.2, 0.25) is 0 Å².